The van der Waals surface area contributed by atoms with Gasteiger partial charge in [0.1, 0.15) is 0 Å². The van der Waals surface area contributed by atoms with Crippen LogP contribution >= 0.6 is 0 Å². The summed E-state index contributed by atoms with van der Waals surface area (Å²) in [6.07, 6.45) is 1.01. The first-order valence-corrected chi connectivity index (χ1v) is 9.80. The SMILES string of the molecule is COC(=O)C1=C2Nc3ccccc3[C@@]23CCN2C[C@H]4O[C@H]4[C@@]([C@@H](C)O)(C1)[C@H]23. The van der Waals surface area contributed by atoms with E-state index in [0.29, 0.717) is 12.0 Å². The summed E-state index contributed by atoms with van der Waals surface area (Å²) in [5.41, 5.74) is 3.15. The molecule has 6 heteroatoms. The highest BCUT2D eigenvalue weighted by Gasteiger charge is 2.75. The second kappa shape index (κ2) is 4.93. The maximum atomic E-state index is 12.8. The van der Waals surface area contributed by atoms with E-state index in [4.69, 9.17) is 9.47 Å². The number of benzene rings is 1. The number of carbonyl (C=O) groups excluding carboxylic acids is 1. The monoisotopic (exact) mass is 368 g/mol. The number of nitrogens with zero attached hydrogens (tertiary/aromatic N) is 1. The normalized spacial score (nSPS) is 41.8. The number of rotatable bonds is 2. The summed E-state index contributed by atoms with van der Waals surface area (Å²) in [6, 6.07) is 8.46. The lowest BCUT2D eigenvalue weighted by atomic mass is 9.52. The number of ether oxygens (including phenoxy) is 2. The molecule has 4 aliphatic heterocycles. The molecule has 4 heterocycles. The van der Waals surface area contributed by atoms with Crippen LogP contribution in [0.2, 0.25) is 0 Å². The van der Waals surface area contributed by atoms with Crippen LogP contribution < -0.4 is 5.32 Å². The molecule has 0 unspecified atom stereocenters. The van der Waals surface area contributed by atoms with Crippen molar-refractivity contribution in [2.24, 2.45) is 5.41 Å². The topological polar surface area (TPSA) is 74.3 Å². The van der Waals surface area contributed by atoms with Crippen LogP contribution in [-0.4, -0.2) is 60.5 Å². The van der Waals surface area contributed by atoms with Crippen molar-refractivity contribution < 1.29 is 19.4 Å². The van der Waals surface area contributed by atoms with Gasteiger partial charge in [-0.3, -0.25) is 4.90 Å². The maximum Gasteiger partial charge on any atom is 0.335 e. The molecule has 0 amide bonds. The van der Waals surface area contributed by atoms with Gasteiger partial charge in [0, 0.05) is 29.4 Å². The van der Waals surface area contributed by atoms with Gasteiger partial charge in [0.2, 0.25) is 0 Å². The van der Waals surface area contributed by atoms with Gasteiger partial charge >= 0.3 is 5.97 Å². The van der Waals surface area contributed by atoms with E-state index in [1.165, 1.54) is 12.7 Å². The minimum Gasteiger partial charge on any atom is -0.466 e. The van der Waals surface area contributed by atoms with E-state index in [1.54, 1.807) is 0 Å². The fraction of sp³-hybridized carbons (Fsp3) is 0.571. The largest absolute Gasteiger partial charge is 0.466 e. The Morgan fingerprint density at radius 3 is 3.04 bits per heavy atom. The van der Waals surface area contributed by atoms with Gasteiger partial charge in [-0.15, -0.1) is 0 Å². The van der Waals surface area contributed by atoms with Crippen molar-refractivity contribution in [3.63, 3.8) is 0 Å². The molecule has 1 aromatic carbocycles. The molecule has 0 saturated carbocycles. The number of methoxy groups -OCH3 is 1. The number of hydrogen-bond acceptors (Lipinski definition) is 6. The van der Waals surface area contributed by atoms with E-state index in [9.17, 15) is 9.90 Å². The molecule has 3 fully saturated rings. The van der Waals surface area contributed by atoms with Gasteiger partial charge in [-0.05, 0) is 37.9 Å². The number of aliphatic hydroxyl groups is 1. The molecule has 0 radical (unpaired) electrons. The van der Waals surface area contributed by atoms with Gasteiger partial charge in [0.05, 0.1) is 36.4 Å². The predicted octanol–water partition coefficient (Wildman–Crippen LogP) is 1.40. The van der Waals surface area contributed by atoms with E-state index >= 15 is 0 Å². The molecule has 1 spiro atoms. The highest BCUT2D eigenvalue weighted by atomic mass is 16.6. The summed E-state index contributed by atoms with van der Waals surface area (Å²) in [5.74, 6) is -0.302. The van der Waals surface area contributed by atoms with Crippen LogP contribution in [0.25, 0.3) is 0 Å². The average Bonchev–Trinajstić information content (AvgIpc) is 3.25. The highest BCUT2D eigenvalue weighted by molar-refractivity contribution is 5.93. The van der Waals surface area contributed by atoms with Crippen LogP contribution in [0.4, 0.5) is 5.69 Å². The Kier molecular flexibility index (Phi) is 2.94. The molecule has 0 aromatic heterocycles. The van der Waals surface area contributed by atoms with E-state index in [-0.39, 0.29) is 29.6 Å². The number of esters is 1. The fourth-order valence-corrected chi connectivity index (χ4v) is 6.79. The van der Waals surface area contributed by atoms with Crippen LogP contribution in [0, 0.1) is 5.41 Å². The third-order valence-electron chi connectivity index (χ3n) is 7.77. The zero-order valence-corrected chi connectivity index (χ0v) is 15.6. The number of piperidine rings is 1. The molecule has 27 heavy (non-hydrogen) atoms. The van der Waals surface area contributed by atoms with Gasteiger partial charge in [0.15, 0.2) is 0 Å². The standard InChI is InChI=1S/C21H24N2O4/c1-11(24)21-9-12(18(25)26-2)16-20(13-5-3-4-6-14(13)22-16)7-8-23(19(20)21)10-15-17(21)27-15/h3-6,11,15,17,19,22,24H,7-10H2,1-2H3/t11-,15-,17-,19-,20+,21+/m1/s1. The maximum absolute atomic E-state index is 12.8. The molecule has 6 nitrogen and oxygen atoms in total. The summed E-state index contributed by atoms with van der Waals surface area (Å²) < 4.78 is 11.2. The van der Waals surface area contributed by atoms with Crippen LogP contribution in [0.5, 0.6) is 0 Å². The second-order valence-electron chi connectivity index (χ2n) is 8.69. The number of carbonyl (C=O) groups is 1. The Bertz CT molecular complexity index is 896. The van der Waals surface area contributed by atoms with Crippen molar-refractivity contribution in [1.82, 2.24) is 4.90 Å². The van der Waals surface area contributed by atoms with Crippen molar-refractivity contribution in [3.8, 4) is 0 Å². The van der Waals surface area contributed by atoms with Crippen molar-refractivity contribution >= 4 is 11.7 Å². The average molecular weight is 368 g/mol. The van der Waals surface area contributed by atoms with Crippen LogP contribution in [0.1, 0.15) is 25.3 Å². The quantitative estimate of drug-likeness (QED) is 0.607. The van der Waals surface area contributed by atoms with Crippen LogP contribution in [0.3, 0.4) is 0 Å². The molecule has 5 aliphatic rings. The summed E-state index contributed by atoms with van der Waals surface area (Å²) in [5, 5.41) is 14.6. The Labute approximate surface area is 158 Å². The van der Waals surface area contributed by atoms with Crippen molar-refractivity contribution in [2.45, 2.75) is 49.5 Å². The first kappa shape index (κ1) is 16.1. The molecular formula is C21H24N2O4. The van der Waals surface area contributed by atoms with Gasteiger partial charge in [-0.2, -0.15) is 0 Å². The van der Waals surface area contributed by atoms with Crippen molar-refractivity contribution in [1.29, 1.82) is 0 Å². The molecule has 6 atom stereocenters. The Morgan fingerprint density at radius 1 is 1.44 bits per heavy atom. The van der Waals surface area contributed by atoms with Crippen LogP contribution in [0.15, 0.2) is 35.5 Å². The third-order valence-corrected chi connectivity index (χ3v) is 7.77. The number of hydrogen-bond donors (Lipinski definition) is 2. The number of nitrogens with one attached hydrogen (secondary N) is 1. The number of fused-ring (bicyclic) bond motifs is 3. The zero-order valence-electron chi connectivity index (χ0n) is 15.6. The molecular weight excluding hydrogens is 344 g/mol. The summed E-state index contributed by atoms with van der Waals surface area (Å²) >= 11 is 0. The molecule has 0 bridgehead atoms. The Morgan fingerprint density at radius 2 is 2.26 bits per heavy atom. The van der Waals surface area contributed by atoms with Crippen molar-refractivity contribution in [2.75, 3.05) is 25.5 Å². The lowest BCUT2D eigenvalue weighted by molar-refractivity contribution is -0.138. The first-order valence-electron chi connectivity index (χ1n) is 9.80. The number of anilines is 1. The number of para-hydroxylation sites is 1. The molecule has 3 saturated heterocycles. The Hall–Kier alpha value is -1.89. The minimum atomic E-state index is -0.579. The third kappa shape index (κ3) is 1.67. The van der Waals surface area contributed by atoms with E-state index < -0.39 is 11.5 Å². The van der Waals surface area contributed by atoms with Gasteiger partial charge in [-0.25, -0.2) is 4.79 Å². The molecule has 6 rings (SSSR count). The molecule has 2 N–H and O–H groups in total. The van der Waals surface area contributed by atoms with Crippen molar-refractivity contribution in [3.05, 3.63) is 41.1 Å². The summed E-state index contributed by atoms with van der Waals surface area (Å²) in [7, 11) is 1.43. The smallest absolute Gasteiger partial charge is 0.335 e. The number of epoxide rings is 1. The molecule has 142 valence electrons. The van der Waals surface area contributed by atoms with E-state index in [2.05, 4.69) is 28.4 Å². The summed E-state index contributed by atoms with van der Waals surface area (Å²) in [6.45, 7) is 3.72. The first-order chi connectivity index (χ1) is 13.0. The fourth-order valence-electron chi connectivity index (χ4n) is 6.79. The summed E-state index contributed by atoms with van der Waals surface area (Å²) in [4.78, 5) is 15.3. The van der Waals surface area contributed by atoms with Gasteiger partial charge in [-0.1, -0.05) is 18.2 Å². The van der Waals surface area contributed by atoms with Gasteiger partial charge in [0.25, 0.3) is 0 Å². The minimum absolute atomic E-state index is 0.00249. The highest BCUT2D eigenvalue weighted by Crippen LogP contribution is 2.68. The molecule has 1 aromatic rings. The predicted molar refractivity (Wildman–Crippen MR) is 98.2 cm³/mol. The van der Waals surface area contributed by atoms with E-state index in [0.717, 1.165) is 30.9 Å². The van der Waals surface area contributed by atoms with Crippen LogP contribution in [-0.2, 0) is 19.7 Å². The Balaban J connectivity index is 1.67. The van der Waals surface area contributed by atoms with E-state index in [1.807, 2.05) is 13.0 Å². The second-order valence-corrected chi connectivity index (χ2v) is 8.69. The van der Waals surface area contributed by atoms with Gasteiger partial charge < -0.3 is 19.9 Å². The lowest BCUT2D eigenvalue weighted by Gasteiger charge is -2.55. The zero-order chi connectivity index (χ0) is 18.6. The lowest BCUT2D eigenvalue weighted by Crippen LogP contribution is -2.66. The molecule has 1 aliphatic carbocycles. The number of aliphatic hydroxyl groups excluding tert-OH is 1.